The first kappa shape index (κ1) is 18.9. The molecule has 0 unspecified atom stereocenters. The van der Waals surface area contributed by atoms with Crippen molar-refractivity contribution in [1.29, 1.82) is 0 Å². The van der Waals surface area contributed by atoms with Crippen LogP contribution in [0, 0.1) is 11.7 Å². The second kappa shape index (κ2) is 10.4. The number of rotatable bonds is 9. The summed E-state index contributed by atoms with van der Waals surface area (Å²) in [6, 6.07) is 6.48. The second-order valence-corrected chi connectivity index (χ2v) is 6.34. The van der Waals surface area contributed by atoms with Crippen molar-refractivity contribution in [2.45, 2.75) is 51.7 Å². The zero-order chi connectivity index (χ0) is 17.2. The van der Waals surface area contributed by atoms with Gasteiger partial charge in [-0.1, -0.05) is 12.1 Å². The van der Waals surface area contributed by atoms with E-state index in [1.165, 1.54) is 12.1 Å². The van der Waals surface area contributed by atoms with Crippen molar-refractivity contribution < 1.29 is 18.7 Å². The molecule has 0 amide bonds. The number of hydrogen-bond acceptors (Lipinski definition) is 4. The molecule has 0 heterocycles. The third-order valence-corrected chi connectivity index (χ3v) is 4.44. The van der Waals surface area contributed by atoms with Gasteiger partial charge in [0.1, 0.15) is 5.82 Å². The third kappa shape index (κ3) is 6.97. The molecule has 2 rings (SSSR count). The molecule has 4 nitrogen and oxygen atoms in total. The quantitative estimate of drug-likeness (QED) is 0.554. The predicted molar refractivity (Wildman–Crippen MR) is 91.1 cm³/mol. The summed E-state index contributed by atoms with van der Waals surface area (Å²) < 4.78 is 23.7. The number of nitrogens with one attached hydrogen (secondary N) is 1. The molecule has 24 heavy (non-hydrogen) atoms. The van der Waals surface area contributed by atoms with Crippen LogP contribution in [0.5, 0.6) is 0 Å². The van der Waals surface area contributed by atoms with Gasteiger partial charge in [0.25, 0.3) is 0 Å². The van der Waals surface area contributed by atoms with E-state index in [4.69, 9.17) is 9.47 Å². The topological polar surface area (TPSA) is 47.6 Å². The first-order valence-corrected chi connectivity index (χ1v) is 8.89. The largest absolute Gasteiger partial charge is 0.466 e. The molecule has 1 saturated carbocycles. The maximum atomic E-state index is 12.9. The van der Waals surface area contributed by atoms with Crippen molar-refractivity contribution in [2.24, 2.45) is 5.92 Å². The zero-order valence-corrected chi connectivity index (χ0v) is 14.4. The molecule has 1 aliphatic rings. The van der Waals surface area contributed by atoms with E-state index in [0.717, 1.165) is 37.8 Å². The first-order valence-electron chi connectivity index (χ1n) is 8.89. The summed E-state index contributed by atoms with van der Waals surface area (Å²) >= 11 is 0. The standard InChI is InChI=1S/C19H28FNO3/c1-2-23-19(22)11-12-21-13-15-5-9-18(10-6-15)24-14-16-3-7-17(20)8-4-16/h3-4,7-8,15,18,21H,2,5-6,9-14H2,1H3. The fraction of sp³-hybridized carbons (Fsp3) is 0.632. The molecule has 1 aromatic carbocycles. The average molecular weight is 337 g/mol. The molecular formula is C19H28FNO3. The van der Waals surface area contributed by atoms with E-state index < -0.39 is 0 Å². The summed E-state index contributed by atoms with van der Waals surface area (Å²) in [5.41, 5.74) is 1.01. The Balaban J connectivity index is 1.54. The van der Waals surface area contributed by atoms with Crippen molar-refractivity contribution in [3.8, 4) is 0 Å². The molecule has 0 bridgehead atoms. The summed E-state index contributed by atoms with van der Waals surface area (Å²) in [6.45, 7) is 4.44. The molecule has 5 heteroatoms. The number of halogens is 1. The molecule has 0 spiro atoms. The fourth-order valence-corrected chi connectivity index (χ4v) is 3.03. The van der Waals surface area contributed by atoms with Crippen LogP contribution in [0.25, 0.3) is 0 Å². The van der Waals surface area contributed by atoms with Crippen LogP contribution in [0.3, 0.4) is 0 Å². The van der Waals surface area contributed by atoms with Crippen LogP contribution in [0.2, 0.25) is 0 Å². The van der Waals surface area contributed by atoms with Crippen LogP contribution in [0.1, 0.15) is 44.6 Å². The number of hydrogen-bond donors (Lipinski definition) is 1. The normalized spacial score (nSPS) is 20.8. The maximum absolute atomic E-state index is 12.9. The van der Waals surface area contributed by atoms with Crippen LogP contribution in [0.15, 0.2) is 24.3 Å². The number of esters is 1. The fourth-order valence-electron chi connectivity index (χ4n) is 3.03. The van der Waals surface area contributed by atoms with Crippen LogP contribution in [-0.2, 0) is 20.9 Å². The molecule has 1 fully saturated rings. The molecule has 0 aromatic heterocycles. The van der Waals surface area contributed by atoms with Gasteiger partial charge in [-0.3, -0.25) is 4.79 Å². The lowest BCUT2D eigenvalue weighted by atomic mass is 9.87. The Bertz CT molecular complexity index is 484. The molecular weight excluding hydrogens is 309 g/mol. The van der Waals surface area contributed by atoms with Crippen LogP contribution in [-0.4, -0.2) is 31.8 Å². The van der Waals surface area contributed by atoms with Gasteiger partial charge in [-0.2, -0.15) is 0 Å². The summed E-state index contributed by atoms with van der Waals surface area (Å²) in [5.74, 6) is 0.301. The van der Waals surface area contributed by atoms with Gasteiger partial charge in [-0.25, -0.2) is 4.39 Å². The highest BCUT2D eigenvalue weighted by Gasteiger charge is 2.21. The van der Waals surface area contributed by atoms with E-state index in [2.05, 4.69) is 5.32 Å². The Hall–Kier alpha value is -1.46. The van der Waals surface area contributed by atoms with Gasteiger partial charge >= 0.3 is 5.97 Å². The minimum Gasteiger partial charge on any atom is -0.466 e. The molecule has 1 N–H and O–H groups in total. The zero-order valence-electron chi connectivity index (χ0n) is 14.4. The number of carbonyl (C=O) groups is 1. The molecule has 0 radical (unpaired) electrons. The maximum Gasteiger partial charge on any atom is 0.307 e. The second-order valence-electron chi connectivity index (χ2n) is 6.34. The minimum absolute atomic E-state index is 0.136. The van der Waals surface area contributed by atoms with Crippen molar-refractivity contribution in [3.05, 3.63) is 35.6 Å². The Kier molecular flexibility index (Phi) is 8.19. The van der Waals surface area contributed by atoms with Crippen LogP contribution >= 0.6 is 0 Å². The highest BCUT2D eigenvalue weighted by Crippen LogP contribution is 2.26. The Morgan fingerprint density at radius 1 is 1.21 bits per heavy atom. The lowest BCUT2D eigenvalue weighted by Crippen LogP contribution is -2.30. The average Bonchev–Trinajstić information content (AvgIpc) is 2.59. The van der Waals surface area contributed by atoms with E-state index >= 15 is 0 Å². The van der Waals surface area contributed by atoms with Gasteiger partial charge in [-0.15, -0.1) is 0 Å². The Morgan fingerprint density at radius 3 is 2.58 bits per heavy atom. The smallest absolute Gasteiger partial charge is 0.307 e. The highest BCUT2D eigenvalue weighted by molar-refractivity contribution is 5.69. The van der Waals surface area contributed by atoms with Crippen molar-refractivity contribution in [3.63, 3.8) is 0 Å². The van der Waals surface area contributed by atoms with Gasteiger partial charge in [0.05, 0.1) is 25.7 Å². The first-order chi connectivity index (χ1) is 11.7. The van der Waals surface area contributed by atoms with Gasteiger partial charge in [0, 0.05) is 6.54 Å². The summed E-state index contributed by atoms with van der Waals surface area (Å²) in [6.07, 6.45) is 5.13. The number of ether oxygens (including phenoxy) is 2. The molecule has 1 aromatic rings. The minimum atomic E-state index is -0.213. The highest BCUT2D eigenvalue weighted by atomic mass is 19.1. The van der Waals surface area contributed by atoms with E-state index in [0.29, 0.717) is 38.2 Å². The van der Waals surface area contributed by atoms with E-state index in [1.807, 2.05) is 6.92 Å². The molecule has 0 aliphatic heterocycles. The van der Waals surface area contributed by atoms with Crippen LogP contribution in [0.4, 0.5) is 4.39 Å². The lowest BCUT2D eigenvalue weighted by Gasteiger charge is -2.28. The van der Waals surface area contributed by atoms with Gasteiger partial charge in [-0.05, 0) is 62.8 Å². The molecule has 1 aliphatic carbocycles. The summed E-state index contributed by atoms with van der Waals surface area (Å²) in [7, 11) is 0. The number of carbonyl (C=O) groups excluding carboxylic acids is 1. The van der Waals surface area contributed by atoms with E-state index in [9.17, 15) is 9.18 Å². The lowest BCUT2D eigenvalue weighted by molar-refractivity contribution is -0.142. The summed E-state index contributed by atoms with van der Waals surface area (Å²) in [4.78, 5) is 11.2. The molecule has 0 saturated heterocycles. The van der Waals surface area contributed by atoms with Gasteiger partial charge in [0.2, 0.25) is 0 Å². The van der Waals surface area contributed by atoms with E-state index in [-0.39, 0.29) is 11.8 Å². The molecule has 134 valence electrons. The Morgan fingerprint density at radius 2 is 1.92 bits per heavy atom. The van der Waals surface area contributed by atoms with Gasteiger partial charge < -0.3 is 14.8 Å². The SMILES string of the molecule is CCOC(=O)CCNCC1CCC(OCc2ccc(F)cc2)CC1. The van der Waals surface area contributed by atoms with Gasteiger partial charge in [0.15, 0.2) is 0 Å². The van der Waals surface area contributed by atoms with Crippen LogP contribution < -0.4 is 5.32 Å². The van der Waals surface area contributed by atoms with Crippen molar-refractivity contribution >= 4 is 5.97 Å². The Labute approximate surface area is 143 Å². The van der Waals surface area contributed by atoms with Crippen molar-refractivity contribution in [2.75, 3.05) is 19.7 Å². The number of benzene rings is 1. The van der Waals surface area contributed by atoms with E-state index in [1.54, 1.807) is 12.1 Å². The molecule has 0 atom stereocenters. The monoisotopic (exact) mass is 337 g/mol. The third-order valence-electron chi connectivity index (χ3n) is 4.44. The van der Waals surface area contributed by atoms with Crippen molar-refractivity contribution in [1.82, 2.24) is 5.32 Å². The summed E-state index contributed by atoms with van der Waals surface area (Å²) in [5, 5.41) is 3.35. The predicted octanol–water partition coefficient (Wildman–Crippen LogP) is 3.44.